The first-order valence-corrected chi connectivity index (χ1v) is 10.9. The van der Waals surface area contributed by atoms with Gasteiger partial charge in [0.05, 0.1) is 22.8 Å². The lowest BCUT2D eigenvalue weighted by atomic mass is 10.0. The van der Waals surface area contributed by atoms with Gasteiger partial charge in [0.2, 0.25) is 5.89 Å². The summed E-state index contributed by atoms with van der Waals surface area (Å²) in [5.41, 5.74) is 2.18. The highest BCUT2D eigenvalue weighted by Crippen LogP contribution is 2.34. The molecule has 0 spiro atoms. The van der Waals surface area contributed by atoms with Gasteiger partial charge in [0.1, 0.15) is 5.75 Å². The second kappa shape index (κ2) is 7.26. The van der Waals surface area contributed by atoms with Crippen LogP contribution in [-0.2, 0) is 22.1 Å². The van der Waals surface area contributed by atoms with Crippen LogP contribution in [0.4, 0.5) is 5.69 Å². The summed E-state index contributed by atoms with van der Waals surface area (Å²) >= 11 is 0. The van der Waals surface area contributed by atoms with Gasteiger partial charge in [0.15, 0.2) is 15.5 Å². The quantitative estimate of drug-likeness (QED) is 0.652. The van der Waals surface area contributed by atoms with Gasteiger partial charge in [0, 0.05) is 25.0 Å². The van der Waals surface area contributed by atoms with Crippen molar-refractivity contribution in [3.05, 3.63) is 18.3 Å². The molecule has 3 rings (SSSR count). The Morgan fingerprint density at radius 2 is 1.96 bits per heavy atom. The summed E-state index contributed by atoms with van der Waals surface area (Å²) in [6.07, 6.45) is 4.54. The summed E-state index contributed by atoms with van der Waals surface area (Å²) in [5.74, 6) is 0.380. The molecule has 0 radical (unpaired) electrons. The zero-order valence-corrected chi connectivity index (χ0v) is 16.9. The Morgan fingerprint density at radius 3 is 2.59 bits per heavy atom. The summed E-state index contributed by atoms with van der Waals surface area (Å²) in [6.45, 7) is 9.05. The van der Waals surface area contributed by atoms with E-state index in [0.29, 0.717) is 18.0 Å². The number of hydrogen-bond acceptors (Lipinski definition) is 8. The highest BCUT2D eigenvalue weighted by atomic mass is 32.2. The van der Waals surface area contributed by atoms with Crippen molar-refractivity contribution in [2.24, 2.45) is 5.92 Å². The lowest BCUT2D eigenvalue weighted by Gasteiger charge is -2.20. The second-order valence-corrected chi connectivity index (χ2v) is 9.13. The van der Waals surface area contributed by atoms with Crippen LogP contribution in [0.1, 0.15) is 33.6 Å². The highest BCUT2D eigenvalue weighted by Gasteiger charge is 2.21. The molecule has 0 saturated heterocycles. The summed E-state index contributed by atoms with van der Waals surface area (Å²) in [5, 5.41) is 16.6. The molecule has 0 bridgehead atoms. The standard InChI is InChI=1S/C17H24N6O3S/c1-6-23-16-12(8-19-23)15(20-11(4)10(2)3)13(7-18-16)17-22-21-14(26-17)9-27(5,24)25/h7-8,10-11H,6,9H2,1-5H3,(H,18,20)/t11-/m0/s1. The number of aromatic nitrogens is 5. The third kappa shape index (κ3) is 4.10. The average molecular weight is 392 g/mol. The van der Waals surface area contributed by atoms with E-state index in [-0.39, 0.29) is 23.6 Å². The Balaban J connectivity index is 2.11. The fourth-order valence-electron chi connectivity index (χ4n) is 2.62. The molecule has 146 valence electrons. The number of fused-ring (bicyclic) bond motifs is 1. The van der Waals surface area contributed by atoms with E-state index in [4.69, 9.17) is 4.42 Å². The van der Waals surface area contributed by atoms with E-state index in [1.807, 2.05) is 11.6 Å². The lowest BCUT2D eigenvalue weighted by molar-refractivity contribution is 0.519. The Bertz CT molecular complexity index is 1050. The van der Waals surface area contributed by atoms with Crippen LogP contribution in [0.15, 0.2) is 16.8 Å². The number of sulfone groups is 1. The summed E-state index contributed by atoms with van der Waals surface area (Å²) in [4.78, 5) is 4.50. The van der Waals surface area contributed by atoms with Crippen LogP contribution in [0, 0.1) is 5.92 Å². The number of nitrogens with zero attached hydrogens (tertiary/aromatic N) is 5. The minimum atomic E-state index is -3.26. The monoisotopic (exact) mass is 392 g/mol. The zero-order valence-electron chi connectivity index (χ0n) is 16.1. The topological polar surface area (TPSA) is 116 Å². The Morgan fingerprint density at radius 1 is 1.22 bits per heavy atom. The van der Waals surface area contributed by atoms with Gasteiger partial charge in [-0.25, -0.2) is 18.1 Å². The van der Waals surface area contributed by atoms with Crippen LogP contribution < -0.4 is 5.32 Å². The van der Waals surface area contributed by atoms with Crippen LogP contribution in [-0.4, -0.2) is 45.7 Å². The first kappa shape index (κ1) is 19.3. The first-order valence-electron chi connectivity index (χ1n) is 8.81. The fraction of sp³-hybridized carbons (Fsp3) is 0.529. The molecule has 27 heavy (non-hydrogen) atoms. The van der Waals surface area contributed by atoms with Crippen LogP contribution in [0.25, 0.3) is 22.5 Å². The first-order chi connectivity index (χ1) is 12.7. The molecule has 0 aliphatic rings. The SMILES string of the molecule is CCn1ncc2c(N[C@@H](C)C(C)C)c(-c3nnc(CS(C)(=O)=O)o3)cnc21. The van der Waals surface area contributed by atoms with E-state index in [2.05, 4.69) is 46.4 Å². The Kier molecular flexibility index (Phi) is 5.18. The van der Waals surface area contributed by atoms with E-state index in [9.17, 15) is 8.42 Å². The van der Waals surface area contributed by atoms with E-state index >= 15 is 0 Å². The molecule has 0 saturated carbocycles. The Hall–Kier alpha value is -2.49. The normalized spacial score (nSPS) is 13.4. The van der Waals surface area contributed by atoms with Crippen molar-refractivity contribution in [2.75, 3.05) is 11.6 Å². The largest absolute Gasteiger partial charge is 0.419 e. The molecule has 0 aromatic carbocycles. The molecule has 3 heterocycles. The highest BCUT2D eigenvalue weighted by molar-refractivity contribution is 7.89. The molecule has 10 heteroatoms. The van der Waals surface area contributed by atoms with Crippen molar-refractivity contribution in [3.8, 4) is 11.5 Å². The molecule has 1 atom stereocenters. The third-order valence-corrected chi connectivity index (χ3v) is 5.19. The predicted octanol–water partition coefficient (Wildman–Crippen LogP) is 2.50. The maximum absolute atomic E-state index is 11.5. The minimum Gasteiger partial charge on any atom is -0.419 e. The summed E-state index contributed by atoms with van der Waals surface area (Å²) in [6, 6.07) is 0.178. The smallest absolute Gasteiger partial charge is 0.251 e. The van der Waals surface area contributed by atoms with E-state index in [0.717, 1.165) is 23.0 Å². The van der Waals surface area contributed by atoms with Gasteiger partial charge in [0.25, 0.3) is 5.89 Å². The minimum absolute atomic E-state index is 0.0553. The molecular formula is C17H24N6O3S. The summed E-state index contributed by atoms with van der Waals surface area (Å²) < 4.78 is 30.4. The molecule has 3 aromatic rings. The Labute approximate surface area is 158 Å². The van der Waals surface area contributed by atoms with Crippen LogP contribution in [0.5, 0.6) is 0 Å². The lowest BCUT2D eigenvalue weighted by Crippen LogP contribution is -2.22. The molecule has 0 unspecified atom stereocenters. The van der Waals surface area contributed by atoms with Gasteiger partial charge >= 0.3 is 0 Å². The molecule has 3 aromatic heterocycles. The van der Waals surface area contributed by atoms with Crippen molar-refractivity contribution in [1.82, 2.24) is 25.0 Å². The number of nitrogens with one attached hydrogen (secondary N) is 1. The van der Waals surface area contributed by atoms with Crippen molar-refractivity contribution >= 4 is 26.6 Å². The number of aryl methyl sites for hydroxylation is 1. The van der Waals surface area contributed by atoms with Crippen LogP contribution >= 0.6 is 0 Å². The van der Waals surface area contributed by atoms with Crippen LogP contribution in [0.2, 0.25) is 0 Å². The average Bonchev–Trinajstić information content (AvgIpc) is 3.20. The maximum atomic E-state index is 11.5. The molecule has 1 N–H and O–H groups in total. The number of rotatable bonds is 7. The van der Waals surface area contributed by atoms with Crippen molar-refractivity contribution in [2.45, 2.75) is 46.0 Å². The third-order valence-electron chi connectivity index (χ3n) is 4.42. The molecule has 0 fully saturated rings. The van der Waals surface area contributed by atoms with Gasteiger partial charge in [-0.2, -0.15) is 5.10 Å². The number of anilines is 1. The van der Waals surface area contributed by atoms with Gasteiger partial charge in [-0.05, 0) is 19.8 Å². The molecule has 0 aliphatic carbocycles. The van der Waals surface area contributed by atoms with Gasteiger partial charge in [-0.15, -0.1) is 10.2 Å². The van der Waals surface area contributed by atoms with Crippen LogP contribution in [0.3, 0.4) is 0 Å². The van der Waals surface area contributed by atoms with Crippen molar-refractivity contribution < 1.29 is 12.8 Å². The van der Waals surface area contributed by atoms with Crippen molar-refractivity contribution in [1.29, 1.82) is 0 Å². The summed E-state index contributed by atoms with van der Waals surface area (Å²) in [7, 11) is -3.26. The molecule has 0 amide bonds. The van der Waals surface area contributed by atoms with E-state index in [1.165, 1.54) is 0 Å². The van der Waals surface area contributed by atoms with E-state index < -0.39 is 9.84 Å². The second-order valence-electron chi connectivity index (χ2n) is 6.99. The fourth-order valence-corrected chi connectivity index (χ4v) is 3.18. The van der Waals surface area contributed by atoms with Crippen molar-refractivity contribution in [3.63, 3.8) is 0 Å². The molecule has 9 nitrogen and oxygen atoms in total. The number of pyridine rings is 1. The zero-order chi connectivity index (χ0) is 19.8. The molecule has 0 aliphatic heterocycles. The molecular weight excluding hydrogens is 368 g/mol. The van der Waals surface area contributed by atoms with E-state index in [1.54, 1.807) is 12.4 Å². The predicted molar refractivity (Wildman–Crippen MR) is 103 cm³/mol. The number of hydrogen-bond donors (Lipinski definition) is 1. The van der Waals surface area contributed by atoms with Gasteiger partial charge < -0.3 is 9.73 Å². The van der Waals surface area contributed by atoms with Gasteiger partial charge in [-0.3, -0.25) is 0 Å². The maximum Gasteiger partial charge on any atom is 0.251 e. The van der Waals surface area contributed by atoms with Gasteiger partial charge in [-0.1, -0.05) is 13.8 Å².